The summed E-state index contributed by atoms with van der Waals surface area (Å²) in [5.74, 6) is 0. The van der Waals surface area contributed by atoms with Crippen LogP contribution in [0.2, 0.25) is 0 Å². The summed E-state index contributed by atoms with van der Waals surface area (Å²) in [4.78, 5) is 0. The number of anilines is 1. The van der Waals surface area contributed by atoms with Crippen LogP contribution in [0.25, 0.3) is 0 Å². The Morgan fingerprint density at radius 3 is 2.21 bits per heavy atom. The van der Waals surface area contributed by atoms with Crippen molar-refractivity contribution in [2.75, 3.05) is 4.72 Å². The van der Waals surface area contributed by atoms with Crippen molar-refractivity contribution in [2.45, 2.75) is 6.92 Å². The third-order valence-corrected chi connectivity index (χ3v) is 3.40. The second kappa shape index (κ2) is 5.76. The van der Waals surface area contributed by atoms with E-state index in [0.717, 1.165) is 5.69 Å². The number of rotatable bonds is 3. The Hall–Kier alpha value is -0.0200. The van der Waals surface area contributed by atoms with E-state index in [2.05, 4.69) is 4.72 Å². The van der Waals surface area contributed by atoms with Gasteiger partial charge in [0.15, 0.2) is 0 Å². The molecule has 14 heavy (non-hydrogen) atoms. The fraction of sp³-hybridized carbons (Fsp3) is 0.111. The highest BCUT2D eigenvalue weighted by Gasteiger charge is 1.99. The molecule has 0 heterocycles. The summed E-state index contributed by atoms with van der Waals surface area (Å²) >= 11 is 17.8. The van der Waals surface area contributed by atoms with E-state index in [1.54, 1.807) is 0 Å². The lowest BCUT2D eigenvalue weighted by molar-refractivity contribution is 1.47. The van der Waals surface area contributed by atoms with Crippen LogP contribution in [-0.4, -0.2) is 0 Å². The van der Waals surface area contributed by atoms with E-state index in [1.165, 1.54) is 17.5 Å². The molecule has 1 aromatic carbocycles. The molecule has 0 amide bonds. The molecule has 5 heteroatoms. The second-order valence-electron chi connectivity index (χ2n) is 2.60. The second-order valence-corrected chi connectivity index (χ2v) is 4.97. The minimum atomic E-state index is 0.0660. The van der Waals surface area contributed by atoms with E-state index in [0.29, 0.717) is 4.36 Å². The fourth-order valence-corrected chi connectivity index (χ4v) is 1.53. The van der Waals surface area contributed by atoms with Gasteiger partial charge in [-0.3, -0.25) is 0 Å². The highest BCUT2D eigenvalue weighted by molar-refractivity contribution is 8.05. The van der Waals surface area contributed by atoms with Crippen molar-refractivity contribution in [1.29, 1.82) is 0 Å². The molecule has 0 saturated carbocycles. The molecule has 0 fully saturated rings. The van der Waals surface area contributed by atoms with Crippen LogP contribution in [0.5, 0.6) is 0 Å². The summed E-state index contributed by atoms with van der Waals surface area (Å²) in [6.45, 7) is 2.03. The SMILES string of the molecule is Cc1ccc(NSC(Cl)=C(Cl)Cl)cc1. The van der Waals surface area contributed by atoms with Crippen LogP contribution in [0.3, 0.4) is 0 Å². The van der Waals surface area contributed by atoms with Crippen LogP contribution in [0, 0.1) is 6.92 Å². The number of benzene rings is 1. The first kappa shape index (κ1) is 12.1. The molecular formula is C9H8Cl3NS. The summed E-state index contributed by atoms with van der Waals surface area (Å²) in [6.07, 6.45) is 0. The van der Waals surface area contributed by atoms with E-state index in [1.807, 2.05) is 31.2 Å². The lowest BCUT2D eigenvalue weighted by Gasteiger charge is -2.04. The zero-order valence-corrected chi connectivity index (χ0v) is 10.4. The maximum atomic E-state index is 5.71. The average molecular weight is 269 g/mol. The molecule has 0 atom stereocenters. The Balaban J connectivity index is 2.54. The van der Waals surface area contributed by atoms with Gasteiger partial charge in [-0.05, 0) is 31.0 Å². The van der Waals surface area contributed by atoms with Crippen molar-refractivity contribution >= 4 is 52.4 Å². The summed E-state index contributed by atoms with van der Waals surface area (Å²) in [6, 6.07) is 7.91. The number of nitrogens with one attached hydrogen (secondary N) is 1. The fourth-order valence-electron chi connectivity index (χ4n) is 0.764. The molecule has 1 nitrogen and oxygen atoms in total. The zero-order valence-electron chi connectivity index (χ0n) is 7.35. The van der Waals surface area contributed by atoms with Gasteiger partial charge in [0, 0.05) is 5.69 Å². The molecule has 1 rings (SSSR count). The lowest BCUT2D eigenvalue weighted by Crippen LogP contribution is -1.85. The molecular weight excluding hydrogens is 261 g/mol. The van der Waals surface area contributed by atoms with E-state index < -0.39 is 0 Å². The van der Waals surface area contributed by atoms with Gasteiger partial charge in [0.05, 0.1) is 0 Å². The van der Waals surface area contributed by atoms with Gasteiger partial charge in [-0.25, -0.2) is 0 Å². The van der Waals surface area contributed by atoms with Gasteiger partial charge in [0.1, 0.15) is 8.86 Å². The van der Waals surface area contributed by atoms with Gasteiger partial charge in [-0.1, -0.05) is 52.5 Å². The smallest absolute Gasteiger partial charge is 0.133 e. The van der Waals surface area contributed by atoms with Crippen molar-refractivity contribution in [2.24, 2.45) is 0 Å². The summed E-state index contributed by atoms with van der Waals surface area (Å²) in [5, 5.41) is 0. The quantitative estimate of drug-likeness (QED) is 0.783. The molecule has 0 unspecified atom stereocenters. The van der Waals surface area contributed by atoms with Crippen LogP contribution < -0.4 is 4.72 Å². The summed E-state index contributed by atoms with van der Waals surface area (Å²) in [5.41, 5.74) is 2.16. The predicted molar refractivity (Wildman–Crippen MR) is 67.0 cm³/mol. The van der Waals surface area contributed by atoms with Gasteiger partial charge < -0.3 is 4.72 Å². The molecule has 0 aromatic heterocycles. The minimum Gasteiger partial charge on any atom is -0.325 e. The van der Waals surface area contributed by atoms with Gasteiger partial charge >= 0.3 is 0 Å². The minimum absolute atomic E-state index is 0.0660. The average Bonchev–Trinajstić information content (AvgIpc) is 2.16. The molecule has 0 aliphatic carbocycles. The lowest BCUT2D eigenvalue weighted by atomic mass is 10.2. The van der Waals surface area contributed by atoms with E-state index >= 15 is 0 Å². The topological polar surface area (TPSA) is 12.0 Å². The maximum absolute atomic E-state index is 5.71. The predicted octanol–water partition coefficient (Wildman–Crippen LogP) is 4.90. The highest BCUT2D eigenvalue weighted by Crippen LogP contribution is 2.29. The Morgan fingerprint density at radius 1 is 1.14 bits per heavy atom. The Morgan fingerprint density at radius 2 is 1.71 bits per heavy atom. The third-order valence-electron chi connectivity index (χ3n) is 1.46. The monoisotopic (exact) mass is 267 g/mol. The first-order valence-electron chi connectivity index (χ1n) is 3.80. The molecule has 0 bridgehead atoms. The first-order valence-corrected chi connectivity index (χ1v) is 5.75. The van der Waals surface area contributed by atoms with E-state index in [4.69, 9.17) is 34.8 Å². The maximum Gasteiger partial charge on any atom is 0.133 e. The van der Waals surface area contributed by atoms with E-state index in [-0.39, 0.29) is 4.49 Å². The van der Waals surface area contributed by atoms with Gasteiger partial charge in [0.2, 0.25) is 0 Å². The number of hydrogen-bond donors (Lipinski definition) is 1. The standard InChI is InChI=1S/C9H8Cl3NS/c1-6-2-4-7(5-3-6)13-14-9(12)8(10)11/h2-5,13H,1H3. The summed E-state index contributed by atoms with van der Waals surface area (Å²) < 4.78 is 3.40. The van der Waals surface area contributed by atoms with Crippen molar-refractivity contribution in [3.8, 4) is 0 Å². The Bertz CT molecular complexity index is 330. The van der Waals surface area contributed by atoms with Crippen LogP contribution in [0.15, 0.2) is 33.1 Å². The Kier molecular flexibility index (Phi) is 4.96. The largest absolute Gasteiger partial charge is 0.325 e. The molecule has 0 spiro atoms. The van der Waals surface area contributed by atoms with Crippen LogP contribution in [-0.2, 0) is 0 Å². The third kappa shape index (κ3) is 4.01. The van der Waals surface area contributed by atoms with Gasteiger partial charge in [-0.2, -0.15) is 0 Å². The number of aryl methyl sites for hydroxylation is 1. The van der Waals surface area contributed by atoms with Crippen LogP contribution in [0.4, 0.5) is 5.69 Å². The number of hydrogen-bond acceptors (Lipinski definition) is 2. The first-order chi connectivity index (χ1) is 6.59. The van der Waals surface area contributed by atoms with Crippen molar-refractivity contribution in [3.63, 3.8) is 0 Å². The van der Waals surface area contributed by atoms with Crippen molar-refractivity contribution < 1.29 is 0 Å². The van der Waals surface area contributed by atoms with Crippen molar-refractivity contribution in [1.82, 2.24) is 0 Å². The highest BCUT2D eigenvalue weighted by atomic mass is 35.5. The Labute approximate surface area is 103 Å². The molecule has 0 saturated heterocycles. The van der Waals surface area contributed by atoms with Crippen LogP contribution >= 0.6 is 46.8 Å². The molecule has 1 N–H and O–H groups in total. The van der Waals surface area contributed by atoms with E-state index in [9.17, 15) is 0 Å². The molecule has 0 aliphatic rings. The molecule has 0 aliphatic heterocycles. The van der Waals surface area contributed by atoms with Gasteiger partial charge in [0.25, 0.3) is 0 Å². The molecule has 1 aromatic rings. The van der Waals surface area contributed by atoms with Crippen LogP contribution in [0.1, 0.15) is 5.56 Å². The summed E-state index contributed by atoms with van der Waals surface area (Å²) in [7, 11) is 0. The molecule has 0 radical (unpaired) electrons. The zero-order chi connectivity index (χ0) is 10.6. The van der Waals surface area contributed by atoms with Gasteiger partial charge in [-0.15, -0.1) is 0 Å². The van der Waals surface area contributed by atoms with Crippen molar-refractivity contribution in [3.05, 3.63) is 38.7 Å². The molecule has 76 valence electrons. The normalized spacial score (nSPS) is 9.71. The number of halogens is 3.